The Hall–Kier alpha value is -5.48. The van der Waals surface area contributed by atoms with Gasteiger partial charge >= 0.3 is 11.9 Å². The number of fused-ring (bicyclic) bond motifs is 1. The third-order valence-corrected chi connectivity index (χ3v) is 8.10. The lowest BCUT2D eigenvalue weighted by molar-refractivity contribution is -0.138. The highest BCUT2D eigenvalue weighted by Crippen LogP contribution is 2.35. The zero-order valence-corrected chi connectivity index (χ0v) is 24.5. The first-order valence-electron chi connectivity index (χ1n) is 13.7. The smallest absolute Gasteiger partial charge is 0.338 e. The van der Waals surface area contributed by atoms with Crippen molar-refractivity contribution in [2.75, 3.05) is 13.7 Å². The number of carboxylic acid groups (broad SMARTS) is 1. The second-order valence-electron chi connectivity index (χ2n) is 9.79. The van der Waals surface area contributed by atoms with Crippen LogP contribution in [0.4, 0.5) is 0 Å². The molecule has 0 amide bonds. The summed E-state index contributed by atoms with van der Waals surface area (Å²) in [4.78, 5) is 44.1. The number of carboxylic acids is 1. The molecule has 0 saturated carbocycles. The van der Waals surface area contributed by atoms with Gasteiger partial charge in [-0.15, -0.1) is 0 Å². The Morgan fingerprint density at radius 3 is 2.36 bits per heavy atom. The van der Waals surface area contributed by atoms with Crippen molar-refractivity contribution < 1.29 is 28.6 Å². The number of nitrogens with zero attached hydrogens (tertiary/aromatic N) is 2. The van der Waals surface area contributed by atoms with Crippen molar-refractivity contribution in [1.29, 1.82) is 0 Å². The highest BCUT2D eigenvalue weighted by atomic mass is 32.1. The van der Waals surface area contributed by atoms with Gasteiger partial charge in [-0.1, -0.05) is 65.9 Å². The van der Waals surface area contributed by atoms with Gasteiger partial charge in [-0.2, -0.15) is 0 Å². The zero-order valence-electron chi connectivity index (χ0n) is 23.7. The van der Waals surface area contributed by atoms with E-state index < -0.39 is 18.0 Å². The van der Waals surface area contributed by atoms with E-state index in [2.05, 4.69) is 0 Å². The summed E-state index contributed by atoms with van der Waals surface area (Å²) >= 11 is 1.19. The Labute approximate surface area is 255 Å². The normalized spacial score (nSPS) is 14.6. The van der Waals surface area contributed by atoms with Gasteiger partial charge in [-0.3, -0.25) is 9.36 Å². The predicted octanol–water partition coefficient (Wildman–Crippen LogP) is 4.90. The lowest BCUT2D eigenvalue weighted by atomic mass is 9.93. The summed E-state index contributed by atoms with van der Waals surface area (Å²) < 4.78 is 18.7. The molecule has 10 heteroatoms. The molecule has 3 heterocycles. The monoisotopic (exact) mass is 606 g/mol. The Bertz CT molecular complexity index is 2070. The van der Waals surface area contributed by atoms with E-state index in [0.29, 0.717) is 43.4 Å². The summed E-state index contributed by atoms with van der Waals surface area (Å²) in [6.45, 7) is 1.89. The van der Waals surface area contributed by atoms with Crippen LogP contribution in [0.25, 0.3) is 23.1 Å². The summed E-state index contributed by atoms with van der Waals surface area (Å²) in [6, 6.07) is 25.6. The van der Waals surface area contributed by atoms with Crippen LogP contribution < -0.4 is 19.6 Å². The van der Waals surface area contributed by atoms with Crippen LogP contribution in [-0.4, -0.2) is 35.3 Å². The molecule has 1 unspecified atom stereocenters. The maximum absolute atomic E-state index is 14.1. The van der Waals surface area contributed by atoms with E-state index in [1.54, 1.807) is 56.5 Å². The number of aromatic nitrogens is 1. The maximum atomic E-state index is 14.1. The number of carbonyl (C=O) groups excluding carboxylic acids is 1. The number of hydrogen-bond donors (Lipinski definition) is 1. The molecular weight excluding hydrogens is 580 g/mol. The molecule has 9 nitrogen and oxygen atoms in total. The molecule has 44 heavy (non-hydrogen) atoms. The van der Waals surface area contributed by atoms with Crippen molar-refractivity contribution in [2.24, 2.45) is 4.99 Å². The Balaban J connectivity index is 1.52. The number of rotatable bonds is 8. The standard InChI is InChI=1S/C34H26N2O7S/c1-3-42-33(40)28-29(21-7-5-4-6-8-21)35-34-36(30(28)22-13-15-24(41-2)16-14-22)31(37)27(44-34)19-25-17-18-26(43-25)20-9-11-23(12-10-20)32(38)39/h4-19,30H,3H2,1-2H3,(H,38,39)/b27-19-. The molecular formula is C34H26N2O7S. The average Bonchev–Trinajstić information content (AvgIpc) is 3.65. The number of carbonyl (C=O) groups is 2. The zero-order chi connectivity index (χ0) is 30.8. The van der Waals surface area contributed by atoms with E-state index in [4.69, 9.17) is 18.9 Å². The number of methoxy groups -OCH3 is 1. The Morgan fingerprint density at radius 1 is 0.977 bits per heavy atom. The van der Waals surface area contributed by atoms with E-state index in [1.807, 2.05) is 42.5 Å². The summed E-state index contributed by atoms with van der Waals surface area (Å²) in [5, 5.41) is 9.18. The highest BCUT2D eigenvalue weighted by molar-refractivity contribution is 7.07. The molecule has 1 atom stereocenters. The van der Waals surface area contributed by atoms with E-state index in [9.17, 15) is 19.5 Å². The van der Waals surface area contributed by atoms with Crippen molar-refractivity contribution in [1.82, 2.24) is 4.57 Å². The Morgan fingerprint density at radius 2 is 1.70 bits per heavy atom. The number of ether oxygens (including phenoxy) is 2. The lowest BCUT2D eigenvalue weighted by Crippen LogP contribution is -2.40. The van der Waals surface area contributed by atoms with E-state index in [0.717, 1.165) is 5.56 Å². The van der Waals surface area contributed by atoms with Gasteiger partial charge in [0.25, 0.3) is 5.56 Å². The quantitative estimate of drug-likeness (QED) is 0.250. The van der Waals surface area contributed by atoms with Gasteiger partial charge in [0.1, 0.15) is 17.3 Å². The summed E-state index contributed by atoms with van der Waals surface area (Å²) in [7, 11) is 1.57. The van der Waals surface area contributed by atoms with Crippen LogP contribution >= 0.6 is 11.3 Å². The molecule has 3 aromatic carbocycles. The van der Waals surface area contributed by atoms with Gasteiger partial charge in [-0.25, -0.2) is 14.6 Å². The maximum Gasteiger partial charge on any atom is 0.338 e. The lowest BCUT2D eigenvalue weighted by Gasteiger charge is -2.26. The molecule has 0 spiro atoms. The largest absolute Gasteiger partial charge is 0.497 e. The molecule has 1 aliphatic rings. The van der Waals surface area contributed by atoms with Gasteiger partial charge in [0.05, 0.1) is 41.1 Å². The van der Waals surface area contributed by atoms with Crippen LogP contribution in [0.3, 0.4) is 0 Å². The van der Waals surface area contributed by atoms with Crippen LogP contribution in [0.2, 0.25) is 0 Å². The van der Waals surface area contributed by atoms with Crippen LogP contribution in [0, 0.1) is 0 Å². The SMILES string of the molecule is CCOC(=O)C1=C(c2ccccc2)N=c2s/c(=C\c3ccc(-c4ccc(C(=O)O)cc4)o3)c(=O)n2C1c1ccc(OC)cc1. The van der Waals surface area contributed by atoms with Crippen molar-refractivity contribution in [3.05, 3.63) is 139 Å². The molecule has 0 saturated heterocycles. The molecule has 1 aliphatic heterocycles. The number of benzene rings is 3. The van der Waals surface area contributed by atoms with Gasteiger partial charge in [-0.05, 0) is 48.9 Å². The molecule has 6 rings (SSSR count). The highest BCUT2D eigenvalue weighted by Gasteiger charge is 2.35. The number of thiazole rings is 1. The molecule has 2 aromatic heterocycles. The molecule has 0 aliphatic carbocycles. The predicted molar refractivity (Wildman–Crippen MR) is 165 cm³/mol. The fraction of sp³-hybridized carbons (Fsp3) is 0.118. The van der Waals surface area contributed by atoms with Crippen LogP contribution in [0.1, 0.15) is 40.2 Å². The van der Waals surface area contributed by atoms with Crippen LogP contribution in [0.15, 0.2) is 111 Å². The summed E-state index contributed by atoms with van der Waals surface area (Å²) in [6.07, 6.45) is 1.64. The van der Waals surface area contributed by atoms with Gasteiger partial charge in [0.2, 0.25) is 0 Å². The van der Waals surface area contributed by atoms with Crippen LogP contribution in [0.5, 0.6) is 5.75 Å². The molecule has 1 N–H and O–H groups in total. The number of aromatic carboxylic acids is 1. The molecule has 5 aromatic rings. The number of esters is 1. The molecule has 0 bridgehead atoms. The number of furan rings is 1. The second-order valence-corrected chi connectivity index (χ2v) is 10.8. The molecule has 0 radical (unpaired) electrons. The first-order chi connectivity index (χ1) is 21.4. The van der Waals surface area contributed by atoms with Gasteiger partial charge in [0, 0.05) is 17.2 Å². The fourth-order valence-corrected chi connectivity index (χ4v) is 6.01. The first-order valence-corrected chi connectivity index (χ1v) is 14.6. The van der Waals surface area contributed by atoms with E-state index in [-0.39, 0.29) is 23.3 Å². The molecule has 220 valence electrons. The van der Waals surface area contributed by atoms with Gasteiger partial charge < -0.3 is 19.0 Å². The third kappa shape index (κ3) is 5.38. The molecule has 0 fully saturated rings. The van der Waals surface area contributed by atoms with E-state index >= 15 is 0 Å². The number of hydrogen-bond acceptors (Lipinski definition) is 8. The van der Waals surface area contributed by atoms with Gasteiger partial charge in [0.15, 0.2) is 4.80 Å². The van der Waals surface area contributed by atoms with Crippen molar-refractivity contribution in [2.45, 2.75) is 13.0 Å². The summed E-state index contributed by atoms with van der Waals surface area (Å²) in [5.74, 6) is 0.0168. The van der Waals surface area contributed by atoms with E-state index in [1.165, 1.54) is 28.0 Å². The topological polar surface area (TPSA) is 120 Å². The van der Waals surface area contributed by atoms with Crippen molar-refractivity contribution >= 4 is 35.0 Å². The minimum atomic E-state index is -1.01. The first kappa shape index (κ1) is 28.6. The Kier molecular flexibility index (Phi) is 7.82. The summed E-state index contributed by atoms with van der Waals surface area (Å²) in [5.41, 5.74) is 2.63. The second kappa shape index (κ2) is 12.0. The minimum absolute atomic E-state index is 0.157. The average molecular weight is 607 g/mol. The minimum Gasteiger partial charge on any atom is -0.497 e. The fourth-order valence-electron chi connectivity index (χ4n) is 5.03. The van der Waals surface area contributed by atoms with Crippen molar-refractivity contribution in [3.63, 3.8) is 0 Å². The third-order valence-electron chi connectivity index (χ3n) is 7.12. The van der Waals surface area contributed by atoms with Crippen molar-refractivity contribution in [3.8, 4) is 17.1 Å². The van der Waals surface area contributed by atoms with Crippen LogP contribution in [-0.2, 0) is 9.53 Å².